The summed E-state index contributed by atoms with van der Waals surface area (Å²) in [5, 5.41) is 0. The molecule has 0 heterocycles. The van der Waals surface area contributed by atoms with Crippen LogP contribution >= 0.6 is 0 Å². The second-order valence-electron chi connectivity index (χ2n) is 6.82. The van der Waals surface area contributed by atoms with Crippen LogP contribution in [0.25, 0.3) is 5.57 Å². The molecule has 0 radical (unpaired) electrons. The van der Waals surface area contributed by atoms with E-state index in [1.165, 1.54) is 28.7 Å². The SMILES string of the molecule is CCS(=O)(=O)c1ccc2c(c1)C1=C(C2)CC(C)(C)CC1. The summed E-state index contributed by atoms with van der Waals surface area (Å²) in [6, 6.07) is 5.71. The van der Waals surface area contributed by atoms with Gasteiger partial charge in [0.25, 0.3) is 0 Å². The molecule has 0 N–H and O–H groups in total. The van der Waals surface area contributed by atoms with Gasteiger partial charge in [0.05, 0.1) is 10.6 Å². The van der Waals surface area contributed by atoms with Crippen LogP contribution in [0.2, 0.25) is 0 Å². The summed E-state index contributed by atoms with van der Waals surface area (Å²) in [6.45, 7) is 6.36. The van der Waals surface area contributed by atoms with E-state index in [1.807, 2.05) is 12.1 Å². The highest BCUT2D eigenvalue weighted by atomic mass is 32.2. The predicted molar refractivity (Wildman–Crippen MR) is 82.4 cm³/mol. The molecule has 3 heteroatoms. The van der Waals surface area contributed by atoms with E-state index in [0.29, 0.717) is 10.3 Å². The first-order valence-electron chi connectivity index (χ1n) is 7.39. The normalized spacial score (nSPS) is 20.8. The summed E-state index contributed by atoms with van der Waals surface area (Å²) in [4.78, 5) is 0.484. The Labute approximate surface area is 121 Å². The second kappa shape index (κ2) is 4.45. The minimum atomic E-state index is -3.10. The molecule has 1 aromatic rings. The number of rotatable bonds is 2. The Morgan fingerprint density at radius 1 is 1.25 bits per heavy atom. The van der Waals surface area contributed by atoms with Crippen LogP contribution in [-0.2, 0) is 16.3 Å². The summed E-state index contributed by atoms with van der Waals surface area (Å²) in [5.74, 6) is 0.171. The highest BCUT2D eigenvalue weighted by molar-refractivity contribution is 7.91. The molecule has 0 atom stereocenters. The van der Waals surface area contributed by atoms with Crippen molar-refractivity contribution in [1.82, 2.24) is 0 Å². The summed E-state index contributed by atoms with van der Waals surface area (Å²) >= 11 is 0. The molecule has 0 bridgehead atoms. The van der Waals surface area contributed by atoms with Crippen molar-refractivity contribution < 1.29 is 8.42 Å². The third-order valence-corrected chi connectivity index (χ3v) is 6.45. The van der Waals surface area contributed by atoms with E-state index in [0.717, 1.165) is 19.3 Å². The third-order valence-electron chi connectivity index (χ3n) is 4.72. The van der Waals surface area contributed by atoms with Crippen LogP contribution in [0.1, 0.15) is 51.2 Å². The number of benzene rings is 1. The van der Waals surface area contributed by atoms with Crippen molar-refractivity contribution in [3.63, 3.8) is 0 Å². The predicted octanol–water partition coefficient (Wildman–Crippen LogP) is 4.00. The first-order valence-corrected chi connectivity index (χ1v) is 9.04. The maximum absolute atomic E-state index is 12.0. The van der Waals surface area contributed by atoms with Crippen molar-refractivity contribution >= 4 is 15.4 Å². The van der Waals surface area contributed by atoms with Crippen molar-refractivity contribution in [2.75, 3.05) is 5.75 Å². The first-order chi connectivity index (χ1) is 9.32. The van der Waals surface area contributed by atoms with Gasteiger partial charge < -0.3 is 0 Å². The summed E-state index contributed by atoms with van der Waals surface area (Å²) in [6.07, 6.45) is 4.44. The second-order valence-corrected chi connectivity index (χ2v) is 9.10. The molecule has 0 saturated heterocycles. The van der Waals surface area contributed by atoms with Crippen LogP contribution in [0.5, 0.6) is 0 Å². The molecule has 3 rings (SSSR count). The van der Waals surface area contributed by atoms with Crippen LogP contribution in [-0.4, -0.2) is 14.2 Å². The highest BCUT2D eigenvalue weighted by Gasteiger charge is 2.32. The maximum Gasteiger partial charge on any atom is 0.178 e. The van der Waals surface area contributed by atoms with Gasteiger partial charge in [-0.2, -0.15) is 0 Å². The average Bonchev–Trinajstić information content (AvgIpc) is 2.73. The van der Waals surface area contributed by atoms with E-state index < -0.39 is 9.84 Å². The van der Waals surface area contributed by atoms with Crippen LogP contribution < -0.4 is 0 Å². The Hall–Kier alpha value is -1.09. The van der Waals surface area contributed by atoms with Gasteiger partial charge in [0.2, 0.25) is 0 Å². The summed E-state index contributed by atoms with van der Waals surface area (Å²) < 4.78 is 24.1. The quantitative estimate of drug-likeness (QED) is 0.825. The van der Waals surface area contributed by atoms with Gasteiger partial charge in [-0.25, -0.2) is 8.42 Å². The highest BCUT2D eigenvalue weighted by Crippen LogP contribution is 2.48. The number of sulfone groups is 1. The Kier molecular flexibility index (Phi) is 3.09. The van der Waals surface area contributed by atoms with Crippen molar-refractivity contribution in [2.24, 2.45) is 5.41 Å². The number of fused-ring (bicyclic) bond motifs is 2. The number of allylic oxidation sites excluding steroid dienone is 2. The molecule has 0 spiro atoms. The van der Waals surface area contributed by atoms with Crippen LogP contribution in [0, 0.1) is 5.41 Å². The molecule has 1 aromatic carbocycles. The van der Waals surface area contributed by atoms with Gasteiger partial charge in [-0.1, -0.05) is 32.4 Å². The lowest BCUT2D eigenvalue weighted by atomic mass is 9.74. The molecule has 108 valence electrons. The van der Waals surface area contributed by atoms with Crippen LogP contribution in [0.15, 0.2) is 28.7 Å². The largest absolute Gasteiger partial charge is 0.224 e. The maximum atomic E-state index is 12.0. The van der Waals surface area contributed by atoms with Crippen molar-refractivity contribution in [1.29, 1.82) is 0 Å². The Bertz CT molecular complexity index is 694. The minimum Gasteiger partial charge on any atom is -0.224 e. The first kappa shape index (κ1) is 13.9. The molecule has 2 aliphatic carbocycles. The molecule has 0 aliphatic heterocycles. The van der Waals surface area contributed by atoms with E-state index in [2.05, 4.69) is 13.8 Å². The Morgan fingerprint density at radius 2 is 2.00 bits per heavy atom. The lowest BCUT2D eigenvalue weighted by molar-refractivity contribution is 0.324. The van der Waals surface area contributed by atoms with Gasteiger partial charge >= 0.3 is 0 Å². The van der Waals surface area contributed by atoms with Crippen LogP contribution in [0.4, 0.5) is 0 Å². The number of hydrogen-bond donors (Lipinski definition) is 0. The lowest BCUT2D eigenvalue weighted by Gasteiger charge is -2.31. The average molecular weight is 290 g/mol. The summed E-state index contributed by atoms with van der Waals surface area (Å²) in [5.41, 5.74) is 5.85. The molecule has 2 nitrogen and oxygen atoms in total. The standard InChI is InChI=1S/C17H22O2S/c1-4-20(18,19)14-6-5-12-9-13-11-17(2,3)8-7-15(13)16(12)10-14/h5-6,10H,4,7-9,11H2,1-3H3. The van der Waals surface area contributed by atoms with E-state index >= 15 is 0 Å². The fourth-order valence-corrected chi connectivity index (χ4v) is 4.39. The van der Waals surface area contributed by atoms with Gasteiger partial charge in [0.15, 0.2) is 9.84 Å². The zero-order valence-electron chi connectivity index (χ0n) is 12.5. The molecule has 0 unspecified atom stereocenters. The van der Waals surface area contributed by atoms with E-state index in [-0.39, 0.29) is 5.75 Å². The van der Waals surface area contributed by atoms with Gasteiger partial charge in [-0.15, -0.1) is 0 Å². The van der Waals surface area contributed by atoms with E-state index in [4.69, 9.17) is 0 Å². The van der Waals surface area contributed by atoms with E-state index in [1.54, 1.807) is 13.0 Å². The Balaban J connectivity index is 2.05. The Morgan fingerprint density at radius 3 is 2.70 bits per heavy atom. The van der Waals surface area contributed by atoms with Gasteiger partial charge in [-0.3, -0.25) is 0 Å². The zero-order chi connectivity index (χ0) is 14.5. The molecule has 20 heavy (non-hydrogen) atoms. The van der Waals surface area contributed by atoms with Crippen LogP contribution in [0.3, 0.4) is 0 Å². The molecular formula is C17H22O2S. The van der Waals surface area contributed by atoms with Gasteiger partial charge in [0.1, 0.15) is 0 Å². The van der Waals surface area contributed by atoms with Crippen molar-refractivity contribution in [3.8, 4) is 0 Å². The van der Waals surface area contributed by atoms with Crippen molar-refractivity contribution in [3.05, 3.63) is 34.9 Å². The fraction of sp³-hybridized carbons (Fsp3) is 0.529. The molecule has 0 saturated carbocycles. The topological polar surface area (TPSA) is 34.1 Å². The molecular weight excluding hydrogens is 268 g/mol. The monoisotopic (exact) mass is 290 g/mol. The third kappa shape index (κ3) is 2.22. The molecule has 0 fully saturated rings. The van der Waals surface area contributed by atoms with Gasteiger partial charge in [0, 0.05) is 0 Å². The molecule has 2 aliphatic rings. The molecule has 0 amide bonds. The fourth-order valence-electron chi connectivity index (χ4n) is 3.49. The summed E-state index contributed by atoms with van der Waals surface area (Å²) in [7, 11) is -3.10. The van der Waals surface area contributed by atoms with Crippen molar-refractivity contribution in [2.45, 2.75) is 51.3 Å². The van der Waals surface area contributed by atoms with Gasteiger partial charge in [-0.05, 0) is 59.9 Å². The zero-order valence-corrected chi connectivity index (χ0v) is 13.3. The lowest BCUT2D eigenvalue weighted by Crippen LogP contribution is -2.16. The smallest absolute Gasteiger partial charge is 0.178 e. The van der Waals surface area contributed by atoms with E-state index in [9.17, 15) is 8.42 Å². The minimum absolute atomic E-state index is 0.171. The number of hydrogen-bond acceptors (Lipinski definition) is 2. The molecule has 0 aromatic heterocycles.